The number of H-pyrrole nitrogens is 1. The van der Waals surface area contributed by atoms with Crippen LogP contribution in [0.4, 0.5) is 20.3 Å². The average molecular weight is 504 g/mol. The number of anilines is 2. The maximum absolute atomic E-state index is 14.3. The van der Waals surface area contributed by atoms with Crippen LogP contribution in [0.15, 0.2) is 47.1 Å². The van der Waals surface area contributed by atoms with Crippen molar-refractivity contribution in [3.05, 3.63) is 52.8 Å². The van der Waals surface area contributed by atoms with Gasteiger partial charge in [-0.05, 0) is 64.4 Å². The lowest BCUT2D eigenvalue weighted by Gasteiger charge is -2.21. The van der Waals surface area contributed by atoms with Gasteiger partial charge in [-0.25, -0.2) is 27.2 Å². The van der Waals surface area contributed by atoms with Gasteiger partial charge in [-0.3, -0.25) is 9.82 Å². The van der Waals surface area contributed by atoms with Crippen molar-refractivity contribution in [1.29, 1.82) is 0 Å². The Morgan fingerprint density at radius 3 is 2.60 bits per heavy atom. The van der Waals surface area contributed by atoms with Crippen molar-refractivity contribution in [2.45, 2.75) is 25.9 Å². The number of hydrogen-bond acceptors (Lipinski definition) is 7. The fourth-order valence-corrected chi connectivity index (χ4v) is 4.92. The highest BCUT2D eigenvalue weighted by molar-refractivity contribution is 7.96. The molecule has 1 aromatic carbocycles. The quantitative estimate of drug-likeness (QED) is 0.427. The van der Waals surface area contributed by atoms with E-state index in [1.807, 2.05) is 25.9 Å². The summed E-state index contributed by atoms with van der Waals surface area (Å²) in [6, 6.07) is 6.31. The predicted octanol–water partition coefficient (Wildman–Crippen LogP) is 3.91. The van der Waals surface area contributed by atoms with E-state index in [4.69, 9.17) is 0 Å². The summed E-state index contributed by atoms with van der Waals surface area (Å²) < 4.78 is 56.1. The van der Waals surface area contributed by atoms with Gasteiger partial charge in [-0.1, -0.05) is 0 Å². The van der Waals surface area contributed by atoms with Crippen LogP contribution in [0.2, 0.25) is 0 Å². The van der Waals surface area contributed by atoms with E-state index in [2.05, 4.69) is 30.2 Å². The van der Waals surface area contributed by atoms with E-state index >= 15 is 0 Å². The van der Waals surface area contributed by atoms with Gasteiger partial charge in [0.15, 0.2) is 11.5 Å². The second-order valence-corrected chi connectivity index (χ2v) is 10.5. The Bertz CT molecular complexity index is 1410. The number of hydrogen-bond donors (Lipinski definition) is 3. The van der Waals surface area contributed by atoms with Crippen LogP contribution >= 0.6 is 0 Å². The van der Waals surface area contributed by atoms with Gasteiger partial charge in [0.2, 0.25) is 0 Å². The summed E-state index contributed by atoms with van der Waals surface area (Å²) in [5.41, 5.74) is 0.230. The van der Waals surface area contributed by atoms with E-state index in [1.54, 1.807) is 12.1 Å². The number of rotatable bonds is 8. The van der Waals surface area contributed by atoms with Gasteiger partial charge in [0.1, 0.15) is 22.2 Å². The topological polar surface area (TPSA) is 116 Å². The van der Waals surface area contributed by atoms with E-state index in [0.717, 1.165) is 29.8 Å². The maximum Gasteiger partial charge on any atom is 0.264 e. The first-order chi connectivity index (χ1) is 16.4. The first kappa shape index (κ1) is 24.7. The molecule has 9 nitrogen and oxygen atoms in total. The summed E-state index contributed by atoms with van der Waals surface area (Å²) >= 11 is 0. The molecule has 0 saturated heterocycles. The highest BCUT2D eigenvalue weighted by Gasteiger charge is 2.32. The van der Waals surface area contributed by atoms with Gasteiger partial charge < -0.3 is 10.2 Å². The van der Waals surface area contributed by atoms with Crippen molar-refractivity contribution in [2.75, 3.05) is 37.2 Å². The Balaban J connectivity index is 1.60. The third kappa shape index (κ3) is 5.49. The average Bonchev–Trinajstić information content (AvgIpc) is 3.16. The van der Waals surface area contributed by atoms with E-state index in [1.165, 1.54) is 19.1 Å². The minimum absolute atomic E-state index is 0.191. The van der Waals surface area contributed by atoms with Gasteiger partial charge in [0.05, 0.1) is 11.1 Å². The zero-order valence-corrected chi connectivity index (χ0v) is 20.7. The van der Waals surface area contributed by atoms with Gasteiger partial charge in [-0.15, -0.1) is 0 Å². The van der Waals surface area contributed by atoms with Gasteiger partial charge in [0.25, 0.3) is 10.0 Å². The van der Waals surface area contributed by atoms with Crippen molar-refractivity contribution in [2.24, 2.45) is 0 Å². The Hall–Kier alpha value is -3.38. The summed E-state index contributed by atoms with van der Waals surface area (Å²) in [4.78, 5) is 10.5. The number of aromatic amines is 1. The first-order valence-electron chi connectivity index (χ1n) is 11.0. The molecule has 0 radical (unpaired) electrons. The monoisotopic (exact) mass is 503 g/mol. The van der Waals surface area contributed by atoms with Crippen LogP contribution in [-0.4, -0.2) is 66.3 Å². The smallest absolute Gasteiger partial charge is 0.264 e. The van der Waals surface area contributed by atoms with E-state index < -0.39 is 26.4 Å². The summed E-state index contributed by atoms with van der Waals surface area (Å²) in [5.74, 6) is 0.0822. The van der Waals surface area contributed by atoms with E-state index in [-0.39, 0.29) is 12.1 Å². The van der Waals surface area contributed by atoms with Crippen LogP contribution in [0.5, 0.6) is 0 Å². The number of halogens is 2. The summed E-state index contributed by atoms with van der Waals surface area (Å²) in [5, 5.41) is 11.3. The third-order valence-electron chi connectivity index (χ3n) is 5.48. The molecule has 1 aliphatic carbocycles. The lowest BCUT2D eigenvalue weighted by molar-refractivity contribution is 0.256. The molecule has 3 N–H and O–H groups in total. The molecule has 0 spiro atoms. The third-order valence-corrected chi connectivity index (χ3v) is 6.88. The SMILES string of the molecule is Cc1n[nH]c2nc(-c3ccc(NS(=O)(=O)C4=C[C@](C)(F)CC=C4F)cc3)nc(NCCN(C)C)c12. The first-order valence-corrected chi connectivity index (χ1v) is 12.5. The molecule has 2 aromatic heterocycles. The Morgan fingerprint density at radius 1 is 1.20 bits per heavy atom. The van der Waals surface area contributed by atoms with Crippen LogP contribution in [0.1, 0.15) is 19.0 Å². The second-order valence-electron chi connectivity index (χ2n) is 8.88. The molecule has 186 valence electrons. The van der Waals surface area contributed by atoms with Gasteiger partial charge >= 0.3 is 0 Å². The molecular weight excluding hydrogens is 476 g/mol. The number of sulfonamides is 1. The molecular formula is C23H27F2N7O2S. The number of allylic oxidation sites excluding steroid dienone is 3. The van der Waals surface area contributed by atoms with Crippen LogP contribution in [0, 0.1) is 6.92 Å². The van der Waals surface area contributed by atoms with Crippen LogP contribution in [0.25, 0.3) is 22.4 Å². The second kappa shape index (κ2) is 9.34. The zero-order valence-electron chi connectivity index (χ0n) is 19.9. The highest BCUT2D eigenvalue weighted by atomic mass is 32.2. The molecule has 35 heavy (non-hydrogen) atoms. The molecule has 3 aromatic rings. The fourth-order valence-electron chi connectivity index (χ4n) is 3.63. The van der Waals surface area contributed by atoms with Crippen molar-refractivity contribution in [3.8, 4) is 11.4 Å². The molecule has 1 atom stereocenters. The lowest BCUT2D eigenvalue weighted by Crippen LogP contribution is -2.24. The maximum atomic E-state index is 14.3. The normalized spacial score (nSPS) is 18.5. The number of aromatic nitrogens is 4. The van der Waals surface area contributed by atoms with Crippen LogP contribution in [0.3, 0.4) is 0 Å². The minimum atomic E-state index is -4.31. The standard InChI is InChI=1S/C23H27F2N7O2S/c1-14-19-21(26-11-12-32(3)4)27-20(28-22(19)30-29-14)15-5-7-16(8-6-15)31-35(33,34)18-13-23(2,25)10-9-17(18)24/h5-9,13,31H,10-12H2,1-4H3,(H2,26,27,28,29,30)/t23-/m1/s1. The van der Waals surface area contributed by atoms with Crippen molar-refractivity contribution in [1.82, 2.24) is 25.1 Å². The summed E-state index contributed by atoms with van der Waals surface area (Å²) in [6.45, 7) is 4.54. The molecule has 2 heterocycles. The number of aryl methyl sites for hydroxylation is 1. The predicted molar refractivity (Wildman–Crippen MR) is 133 cm³/mol. The van der Waals surface area contributed by atoms with Crippen molar-refractivity contribution >= 4 is 32.6 Å². The lowest BCUT2D eigenvalue weighted by atomic mass is 9.99. The fraction of sp³-hybridized carbons (Fsp3) is 0.348. The zero-order chi connectivity index (χ0) is 25.4. The molecule has 0 aliphatic heterocycles. The Morgan fingerprint density at radius 2 is 1.91 bits per heavy atom. The number of alkyl halides is 1. The van der Waals surface area contributed by atoms with E-state index in [0.29, 0.717) is 29.4 Å². The number of benzene rings is 1. The number of nitrogens with zero attached hydrogens (tertiary/aromatic N) is 4. The van der Waals surface area contributed by atoms with Crippen molar-refractivity contribution in [3.63, 3.8) is 0 Å². The molecule has 4 rings (SSSR count). The van der Waals surface area contributed by atoms with Gasteiger partial charge in [0, 0.05) is 30.8 Å². The summed E-state index contributed by atoms with van der Waals surface area (Å²) in [7, 11) is -0.356. The number of nitrogens with one attached hydrogen (secondary N) is 3. The Labute approximate surface area is 202 Å². The molecule has 0 unspecified atom stereocenters. The molecule has 0 saturated carbocycles. The molecule has 0 fully saturated rings. The number of likely N-dealkylation sites (N-methyl/N-ethyl adjacent to an activating group) is 1. The molecule has 0 amide bonds. The minimum Gasteiger partial charge on any atom is -0.368 e. The molecule has 0 bridgehead atoms. The van der Waals surface area contributed by atoms with Crippen LogP contribution < -0.4 is 10.0 Å². The van der Waals surface area contributed by atoms with Crippen molar-refractivity contribution < 1.29 is 17.2 Å². The largest absolute Gasteiger partial charge is 0.368 e. The number of fused-ring (bicyclic) bond motifs is 1. The highest BCUT2D eigenvalue weighted by Crippen LogP contribution is 2.33. The van der Waals surface area contributed by atoms with E-state index in [9.17, 15) is 17.2 Å². The summed E-state index contributed by atoms with van der Waals surface area (Å²) in [6.07, 6.45) is 1.50. The Kier molecular flexibility index (Phi) is 6.60. The molecule has 1 aliphatic rings. The molecule has 12 heteroatoms. The van der Waals surface area contributed by atoms with Crippen LogP contribution in [-0.2, 0) is 10.0 Å². The van der Waals surface area contributed by atoms with Gasteiger partial charge in [-0.2, -0.15) is 5.10 Å².